The highest BCUT2D eigenvalue weighted by molar-refractivity contribution is 5.82. The van der Waals surface area contributed by atoms with Crippen LogP contribution in [0.5, 0.6) is 11.5 Å². The van der Waals surface area contributed by atoms with Gasteiger partial charge in [-0.25, -0.2) is 4.98 Å². The van der Waals surface area contributed by atoms with Crippen molar-refractivity contribution < 1.29 is 9.47 Å². The van der Waals surface area contributed by atoms with Crippen LogP contribution in [0.4, 0.5) is 23.1 Å². The number of H-pyrrole nitrogens is 1. The summed E-state index contributed by atoms with van der Waals surface area (Å²) in [6.07, 6.45) is 3.83. The van der Waals surface area contributed by atoms with E-state index in [1.165, 1.54) is 0 Å². The number of aromatic amines is 1. The Labute approximate surface area is 203 Å². The Morgan fingerprint density at radius 1 is 1.03 bits per heavy atom. The van der Waals surface area contributed by atoms with E-state index in [0.717, 1.165) is 29.4 Å². The van der Waals surface area contributed by atoms with Crippen LogP contribution in [0.1, 0.15) is 12.8 Å². The summed E-state index contributed by atoms with van der Waals surface area (Å²) in [7, 11) is 5.81. The first-order chi connectivity index (χ1) is 17.0. The van der Waals surface area contributed by atoms with Crippen molar-refractivity contribution in [2.75, 3.05) is 31.8 Å². The maximum atomic E-state index is 12.5. The van der Waals surface area contributed by atoms with Gasteiger partial charge in [0.1, 0.15) is 17.6 Å². The number of hydrogen-bond acceptors (Lipinski definition) is 8. The van der Waals surface area contributed by atoms with Crippen LogP contribution in [0.25, 0.3) is 10.9 Å². The molecule has 0 radical (unpaired) electrons. The van der Waals surface area contributed by atoms with Gasteiger partial charge in [0.15, 0.2) is 11.5 Å². The van der Waals surface area contributed by atoms with Crippen molar-refractivity contribution in [3.63, 3.8) is 0 Å². The minimum atomic E-state index is -0.222. The largest absolute Gasteiger partial charge is 0.493 e. The molecule has 0 aliphatic heterocycles. The van der Waals surface area contributed by atoms with Gasteiger partial charge in [-0.3, -0.25) is 4.79 Å². The molecule has 0 bridgehead atoms. The maximum Gasteiger partial charge on any atom is 0.272 e. The number of rotatable bonds is 8. The number of nitrogens with one attached hydrogen (secondary N) is 3. The molecule has 5 rings (SSSR count). The van der Waals surface area contributed by atoms with Crippen molar-refractivity contribution in [1.29, 1.82) is 0 Å². The van der Waals surface area contributed by atoms with Crippen molar-refractivity contribution in [3.8, 4) is 11.5 Å². The van der Waals surface area contributed by atoms with Gasteiger partial charge in [-0.2, -0.15) is 4.98 Å². The van der Waals surface area contributed by atoms with Crippen LogP contribution < -0.4 is 25.7 Å². The Morgan fingerprint density at radius 3 is 2.66 bits per heavy atom. The van der Waals surface area contributed by atoms with Crippen molar-refractivity contribution in [1.82, 2.24) is 19.9 Å². The third-order valence-corrected chi connectivity index (χ3v) is 6.19. The third-order valence-electron chi connectivity index (χ3n) is 6.19. The number of pyridine rings is 1. The molecule has 1 saturated carbocycles. The molecule has 180 valence electrons. The summed E-state index contributed by atoms with van der Waals surface area (Å²) < 4.78 is 11.7. The predicted molar refractivity (Wildman–Crippen MR) is 137 cm³/mol. The molecule has 0 amide bonds. The lowest BCUT2D eigenvalue weighted by atomic mass is 9.88. The lowest BCUT2D eigenvalue weighted by molar-refractivity contribution is 0.0383. The second-order valence-corrected chi connectivity index (χ2v) is 8.81. The quantitative estimate of drug-likeness (QED) is 0.349. The molecule has 4 aromatic rings. The first kappa shape index (κ1) is 22.7. The lowest BCUT2D eigenvalue weighted by Crippen LogP contribution is -2.46. The molecule has 1 fully saturated rings. The summed E-state index contributed by atoms with van der Waals surface area (Å²) >= 11 is 0. The van der Waals surface area contributed by atoms with E-state index < -0.39 is 0 Å². The van der Waals surface area contributed by atoms with Crippen molar-refractivity contribution in [2.24, 2.45) is 0 Å². The number of fused-ring (bicyclic) bond motifs is 1. The minimum absolute atomic E-state index is 0.194. The number of methoxy groups -OCH3 is 1. The zero-order valence-corrected chi connectivity index (χ0v) is 19.9. The summed E-state index contributed by atoms with van der Waals surface area (Å²) in [5.74, 6) is 2.23. The van der Waals surface area contributed by atoms with E-state index in [9.17, 15) is 4.79 Å². The molecular formula is C26H28N6O3. The number of nitrogens with zero attached hydrogens (tertiary/aromatic N) is 3. The summed E-state index contributed by atoms with van der Waals surface area (Å²) in [4.78, 5) is 26.4. The molecule has 9 heteroatoms. The molecule has 3 N–H and O–H groups in total. The number of aromatic nitrogens is 3. The van der Waals surface area contributed by atoms with E-state index in [4.69, 9.17) is 9.47 Å². The zero-order valence-electron chi connectivity index (χ0n) is 19.9. The molecule has 0 spiro atoms. The van der Waals surface area contributed by atoms with Crippen molar-refractivity contribution >= 4 is 34.0 Å². The molecule has 0 saturated heterocycles. The number of benzene rings is 2. The van der Waals surface area contributed by atoms with Crippen molar-refractivity contribution in [2.45, 2.75) is 25.0 Å². The van der Waals surface area contributed by atoms with Crippen LogP contribution in [-0.2, 0) is 0 Å². The Morgan fingerprint density at radius 2 is 1.86 bits per heavy atom. The van der Waals surface area contributed by atoms with E-state index in [2.05, 4.69) is 44.6 Å². The summed E-state index contributed by atoms with van der Waals surface area (Å²) in [5.41, 5.74) is 1.73. The first-order valence-electron chi connectivity index (χ1n) is 11.5. The summed E-state index contributed by atoms with van der Waals surface area (Å²) in [6.45, 7) is 0. The van der Waals surface area contributed by atoms with Crippen LogP contribution in [0.3, 0.4) is 0 Å². The molecule has 35 heavy (non-hydrogen) atoms. The van der Waals surface area contributed by atoms with E-state index in [1.54, 1.807) is 25.4 Å². The molecular weight excluding hydrogens is 444 g/mol. The van der Waals surface area contributed by atoms with Gasteiger partial charge >= 0.3 is 0 Å². The average Bonchev–Trinajstić information content (AvgIpc) is 2.82. The Kier molecular flexibility index (Phi) is 6.24. The molecule has 9 nitrogen and oxygen atoms in total. The van der Waals surface area contributed by atoms with E-state index in [0.29, 0.717) is 35.0 Å². The van der Waals surface area contributed by atoms with Crippen molar-refractivity contribution in [3.05, 3.63) is 71.1 Å². The highest BCUT2D eigenvalue weighted by atomic mass is 16.5. The van der Waals surface area contributed by atoms with E-state index >= 15 is 0 Å². The van der Waals surface area contributed by atoms with Gasteiger partial charge < -0.3 is 30.0 Å². The van der Waals surface area contributed by atoms with Gasteiger partial charge in [-0.1, -0.05) is 18.2 Å². The molecule has 1 aliphatic carbocycles. The summed E-state index contributed by atoms with van der Waals surface area (Å²) in [6, 6.07) is 17.3. The molecule has 0 atom stereocenters. The molecule has 2 aromatic heterocycles. The Bertz CT molecular complexity index is 1400. The van der Waals surface area contributed by atoms with Crippen LogP contribution in [0, 0.1) is 0 Å². The monoisotopic (exact) mass is 472 g/mol. The van der Waals surface area contributed by atoms with Gasteiger partial charge in [-0.15, -0.1) is 0 Å². The van der Waals surface area contributed by atoms with Gasteiger partial charge in [0.25, 0.3) is 5.56 Å². The fourth-order valence-electron chi connectivity index (χ4n) is 4.07. The SMILES string of the molecule is COc1cc(Nc2nccc(Nc3cc4ccccc4[nH]c3=O)n2)ccc1OC1CC(N(C)C)C1. The Hall–Kier alpha value is -4.11. The molecule has 0 unspecified atom stereocenters. The number of hydrogen-bond donors (Lipinski definition) is 3. The Balaban J connectivity index is 1.29. The van der Waals surface area contributed by atoms with Crippen LogP contribution in [0.2, 0.25) is 0 Å². The van der Waals surface area contributed by atoms with E-state index in [1.807, 2.05) is 42.5 Å². The normalized spacial score (nSPS) is 17.1. The minimum Gasteiger partial charge on any atom is -0.493 e. The number of ether oxygens (including phenoxy) is 2. The summed E-state index contributed by atoms with van der Waals surface area (Å²) in [5, 5.41) is 7.20. The molecule has 2 aromatic carbocycles. The standard InChI is InChI=1S/C26H28N6O3/c1-32(2)18-14-19(15-18)35-22-9-8-17(13-23(22)34-3)28-26-27-11-10-24(31-26)29-21-12-16-6-4-5-7-20(16)30-25(21)33/h4-13,18-19H,14-15H2,1-3H3,(H,30,33)(H2,27,28,29,31). The predicted octanol–water partition coefficient (Wildman–Crippen LogP) is 4.29. The number of para-hydroxylation sites is 1. The highest BCUT2D eigenvalue weighted by Gasteiger charge is 2.32. The fraction of sp³-hybridized carbons (Fsp3) is 0.269. The lowest BCUT2D eigenvalue weighted by Gasteiger charge is -2.39. The second kappa shape index (κ2) is 9.63. The zero-order chi connectivity index (χ0) is 24.4. The highest BCUT2D eigenvalue weighted by Crippen LogP contribution is 2.36. The maximum absolute atomic E-state index is 12.5. The van der Waals surface area contributed by atoms with Crippen LogP contribution >= 0.6 is 0 Å². The van der Waals surface area contributed by atoms with E-state index in [-0.39, 0.29) is 11.7 Å². The smallest absolute Gasteiger partial charge is 0.272 e. The van der Waals surface area contributed by atoms with Crippen LogP contribution in [0.15, 0.2) is 65.6 Å². The third kappa shape index (κ3) is 5.04. The second-order valence-electron chi connectivity index (χ2n) is 8.81. The average molecular weight is 473 g/mol. The number of anilines is 4. The van der Waals surface area contributed by atoms with Gasteiger partial charge in [-0.05, 0) is 57.3 Å². The van der Waals surface area contributed by atoms with Gasteiger partial charge in [0.2, 0.25) is 5.95 Å². The fourth-order valence-corrected chi connectivity index (χ4v) is 4.07. The van der Waals surface area contributed by atoms with Crippen LogP contribution in [-0.4, -0.2) is 53.2 Å². The first-order valence-corrected chi connectivity index (χ1v) is 11.5. The topological polar surface area (TPSA) is 104 Å². The van der Waals surface area contributed by atoms with Gasteiger partial charge in [0.05, 0.1) is 7.11 Å². The van der Waals surface area contributed by atoms with Gasteiger partial charge in [0, 0.05) is 34.9 Å². The molecule has 1 aliphatic rings. The molecule has 2 heterocycles.